The molecule has 7 heteroatoms. The fourth-order valence-electron chi connectivity index (χ4n) is 3.10. The zero-order chi connectivity index (χ0) is 19.5. The van der Waals surface area contributed by atoms with Gasteiger partial charge < -0.3 is 9.53 Å². The van der Waals surface area contributed by atoms with Gasteiger partial charge in [0.05, 0.1) is 0 Å². The van der Waals surface area contributed by atoms with Crippen molar-refractivity contribution < 1.29 is 17.7 Å². The van der Waals surface area contributed by atoms with E-state index in [4.69, 9.17) is 4.52 Å². The van der Waals surface area contributed by atoms with Gasteiger partial charge >= 0.3 is 6.18 Å². The number of rotatable bonds is 6. The van der Waals surface area contributed by atoms with Crippen LogP contribution in [0.3, 0.4) is 0 Å². The zero-order valence-corrected chi connectivity index (χ0v) is 15.7. The third kappa shape index (κ3) is 3.77. The monoisotopic (exact) mass is 367 g/mol. The van der Waals surface area contributed by atoms with Gasteiger partial charge in [0.1, 0.15) is 11.4 Å². The smallest absolute Gasteiger partial charge is 0.356 e. The molecule has 0 fully saturated rings. The molecule has 0 saturated heterocycles. The van der Waals surface area contributed by atoms with Gasteiger partial charge in [-0.05, 0) is 32.8 Å². The Morgan fingerprint density at radius 1 is 1.23 bits per heavy atom. The van der Waals surface area contributed by atoms with Crippen LogP contribution < -0.4 is 5.43 Å². The number of allylic oxidation sites excluding steroid dienone is 2. The van der Waals surface area contributed by atoms with Gasteiger partial charge in [-0.1, -0.05) is 36.3 Å². The fourth-order valence-corrected chi connectivity index (χ4v) is 3.10. The Labute approximate surface area is 151 Å². The summed E-state index contributed by atoms with van der Waals surface area (Å²) in [6.45, 7) is 6.97. The van der Waals surface area contributed by atoms with Crippen LogP contribution in [-0.2, 0) is 6.42 Å². The molecule has 0 atom stereocenters. The summed E-state index contributed by atoms with van der Waals surface area (Å²) in [7, 11) is 1.46. The quantitative estimate of drug-likeness (QED) is 0.733. The summed E-state index contributed by atoms with van der Waals surface area (Å²) in [5.41, 5.74) is 4.91. The first-order valence-corrected chi connectivity index (χ1v) is 8.54. The summed E-state index contributed by atoms with van der Waals surface area (Å²) in [5, 5.41) is 5.13. The number of hydrogen-bond donors (Lipinski definition) is 1. The molecule has 0 radical (unpaired) electrons. The molecule has 142 valence electrons. The van der Waals surface area contributed by atoms with Crippen LogP contribution in [-0.4, -0.2) is 29.9 Å². The van der Waals surface area contributed by atoms with Crippen LogP contribution >= 0.6 is 0 Å². The minimum atomic E-state index is -4.52. The molecule has 0 saturated carbocycles. The van der Waals surface area contributed by atoms with Gasteiger partial charge in [0.15, 0.2) is 5.76 Å². The van der Waals surface area contributed by atoms with Crippen molar-refractivity contribution in [1.29, 1.82) is 0 Å². The number of nitrogens with one attached hydrogen (secondary N) is 1. The summed E-state index contributed by atoms with van der Waals surface area (Å²) >= 11 is 0. The SMILES string of the molecule is CCc1ccccc1-c1noc(/C(C)=C(/N(CC)NC)C(F)(F)F)c1C. The van der Waals surface area contributed by atoms with Gasteiger partial charge in [0.2, 0.25) is 0 Å². The highest BCUT2D eigenvalue weighted by molar-refractivity contribution is 5.74. The second-order valence-corrected chi connectivity index (χ2v) is 5.94. The Bertz CT molecular complexity index is 790. The van der Waals surface area contributed by atoms with Gasteiger partial charge in [-0.3, -0.25) is 0 Å². The van der Waals surface area contributed by atoms with Crippen LogP contribution in [0.4, 0.5) is 13.2 Å². The van der Waals surface area contributed by atoms with Crippen LogP contribution in [0.5, 0.6) is 0 Å². The van der Waals surface area contributed by atoms with Crippen LogP contribution in [0, 0.1) is 6.92 Å². The van der Waals surface area contributed by atoms with Crippen molar-refractivity contribution in [3.05, 3.63) is 46.8 Å². The van der Waals surface area contributed by atoms with E-state index >= 15 is 0 Å². The topological polar surface area (TPSA) is 41.3 Å². The maximum Gasteiger partial charge on any atom is 0.432 e. The van der Waals surface area contributed by atoms with Gasteiger partial charge in [-0.25, -0.2) is 5.43 Å². The normalized spacial score (nSPS) is 12.9. The first-order valence-electron chi connectivity index (χ1n) is 8.54. The standard InChI is InChI=1S/C19H24F3N3O/c1-6-14-10-8-9-11-15(14)16-12(3)17(26-24-16)13(4)18(19(20,21)22)25(7-2)23-5/h8-11,23H,6-7H2,1-5H3/b18-13+. The Hall–Kier alpha value is -2.28. The zero-order valence-electron chi connectivity index (χ0n) is 15.7. The molecule has 26 heavy (non-hydrogen) atoms. The van der Waals surface area contributed by atoms with Crippen molar-refractivity contribution >= 4 is 5.57 Å². The average molecular weight is 367 g/mol. The molecular weight excluding hydrogens is 343 g/mol. The molecule has 0 aliphatic rings. The lowest BCUT2D eigenvalue weighted by molar-refractivity contribution is -0.114. The highest BCUT2D eigenvalue weighted by Crippen LogP contribution is 2.37. The van der Waals surface area contributed by atoms with Crippen molar-refractivity contribution in [2.75, 3.05) is 13.6 Å². The minimum Gasteiger partial charge on any atom is -0.356 e. The largest absolute Gasteiger partial charge is 0.432 e. The highest BCUT2D eigenvalue weighted by Gasteiger charge is 2.40. The molecule has 0 aliphatic heterocycles. The van der Waals surface area contributed by atoms with Gasteiger partial charge in [-0.2, -0.15) is 13.2 Å². The van der Waals surface area contributed by atoms with Gasteiger partial charge in [0, 0.05) is 30.3 Å². The predicted molar refractivity (Wildman–Crippen MR) is 96.1 cm³/mol. The maximum absolute atomic E-state index is 13.7. The molecule has 0 aliphatic carbocycles. The van der Waals surface area contributed by atoms with E-state index in [0.717, 1.165) is 22.6 Å². The van der Waals surface area contributed by atoms with Crippen LogP contribution in [0.1, 0.15) is 37.7 Å². The first-order chi connectivity index (χ1) is 12.3. The second kappa shape index (κ2) is 7.95. The minimum absolute atomic E-state index is 0.000991. The molecular formula is C19H24F3N3O. The van der Waals surface area contributed by atoms with E-state index in [-0.39, 0.29) is 17.9 Å². The average Bonchev–Trinajstić information content (AvgIpc) is 2.99. The van der Waals surface area contributed by atoms with E-state index in [2.05, 4.69) is 10.6 Å². The van der Waals surface area contributed by atoms with Crippen LogP contribution in [0.15, 0.2) is 34.5 Å². The number of halogens is 3. The molecule has 0 unspecified atom stereocenters. The van der Waals surface area contributed by atoms with E-state index in [1.807, 2.05) is 31.2 Å². The van der Waals surface area contributed by atoms with Crippen LogP contribution in [0.25, 0.3) is 16.8 Å². The van der Waals surface area contributed by atoms with E-state index < -0.39 is 11.9 Å². The first kappa shape index (κ1) is 20.0. The van der Waals surface area contributed by atoms with Crippen LogP contribution in [0.2, 0.25) is 0 Å². The summed E-state index contributed by atoms with van der Waals surface area (Å²) in [5.74, 6) is 0.145. The number of aromatic nitrogens is 1. The molecule has 1 aromatic heterocycles. The molecule has 2 aromatic rings. The second-order valence-electron chi connectivity index (χ2n) is 5.94. The third-order valence-corrected chi connectivity index (χ3v) is 4.40. The lowest BCUT2D eigenvalue weighted by Gasteiger charge is -2.27. The van der Waals surface area contributed by atoms with E-state index in [9.17, 15) is 13.2 Å². The Morgan fingerprint density at radius 3 is 2.42 bits per heavy atom. The number of benzene rings is 1. The van der Waals surface area contributed by atoms with E-state index in [0.29, 0.717) is 11.3 Å². The number of hydrogen-bond acceptors (Lipinski definition) is 4. The van der Waals surface area contributed by atoms with Crippen molar-refractivity contribution in [2.24, 2.45) is 0 Å². The molecule has 4 nitrogen and oxygen atoms in total. The number of hydrazine groups is 1. The molecule has 2 rings (SSSR count). The fraction of sp³-hybridized carbons (Fsp3) is 0.421. The number of aryl methyl sites for hydroxylation is 1. The maximum atomic E-state index is 13.7. The van der Waals surface area contributed by atoms with Crippen molar-refractivity contribution in [3.63, 3.8) is 0 Å². The molecule has 0 bridgehead atoms. The number of nitrogens with zero attached hydrogens (tertiary/aromatic N) is 2. The van der Waals surface area contributed by atoms with E-state index in [1.54, 1.807) is 13.8 Å². The lowest BCUT2D eigenvalue weighted by Crippen LogP contribution is -2.40. The Morgan fingerprint density at radius 2 is 1.88 bits per heavy atom. The number of alkyl halides is 3. The van der Waals surface area contributed by atoms with Crippen molar-refractivity contribution in [3.8, 4) is 11.3 Å². The molecule has 1 N–H and O–H groups in total. The van der Waals surface area contributed by atoms with Gasteiger partial charge in [0.25, 0.3) is 0 Å². The summed E-state index contributed by atoms with van der Waals surface area (Å²) < 4.78 is 46.3. The highest BCUT2D eigenvalue weighted by atomic mass is 19.4. The summed E-state index contributed by atoms with van der Waals surface area (Å²) in [4.78, 5) is 0. The third-order valence-electron chi connectivity index (χ3n) is 4.40. The van der Waals surface area contributed by atoms with Gasteiger partial charge in [-0.15, -0.1) is 0 Å². The molecule has 1 aromatic carbocycles. The van der Waals surface area contributed by atoms with Crippen molar-refractivity contribution in [2.45, 2.75) is 40.3 Å². The molecule has 0 amide bonds. The Kier molecular flexibility index (Phi) is 6.13. The molecule has 1 heterocycles. The lowest BCUT2D eigenvalue weighted by atomic mass is 9.98. The summed E-state index contributed by atoms with van der Waals surface area (Å²) in [6.07, 6.45) is -3.73. The summed E-state index contributed by atoms with van der Waals surface area (Å²) in [6, 6.07) is 7.69. The van der Waals surface area contributed by atoms with Crippen molar-refractivity contribution in [1.82, 2.24) is 15.6 Å². The Balaban J connectivity index is 2.63. The predicted octanol–water partition coefficient (Wildman–Crippen LogP) is 4.96. The van der Waals surface area contributed by atoms with E-state index in [1.165, 1.54) is 14.0 Å². The molecule has 0 spiro atoms.